The molecular weight excluding hydrogens is 362 g/mol. The number of thioether (sulfide) groups is 1. The van der Waals surface area contributed by atoms with Crippen LogP contribution in [0.4, 0.5) is 0 Å². The maximum absolute atomic E-state index is 12.0. The molecule has 140 valence electrons. The van der Waals surface area contributed by atoms with E-state index in [0.29, 0.717) is 23.3 Å². The van der Waals surface area contributed by atoms with Gasteiger partial charge in [0.1, 0.15) is 5.75 Å². The molecule has 3 rings (SSSR count). The Morgan fingerprint density at radius 3 is 2.81 bits per heavy atom. The Bertz CT molecular complexity index is 898. The van der Waals surface area contributed by atoms with Crippen molar-refractivity contribution in [2.45, 2.75) is 18.5 Å². The zero-order valence-corrected chi connectivity index (χ0v) is 16.1. The fourth-order valence-electron chi connectivity index (χ4n) is 2.52. The highest BCUT2D eigenvalue weighted by molar-refractivity contribution is 7.99. The second-order valence-electron chi connectivity index (χ2n) is 5.69. The van der Waals surface area contributed by atoms with Gasteiger partial charge in [-0.25, -0.2) is 0 Å². The van der Waals surface area contributed by atoms with Gasteiger partial charge in [0, 0.05) is 24.5 Å². The smallest absolute Gasteiger partial charge is 0.230 e. The van der Waals surface area contributed by atoms with Crippen LogP contribution in [-0.2, 0) is 4.79 Å². The van der Waals surface area contributed by atoms with Crippen molar-refractivity contribution < 1.29 is 9.53 Å². The fraction of sp³-hybridized carbons (Fsp3) is 0.263. The maximum Gasteiger partial charge on any atom is 0.230 e. The third kappa shape index (κ3) is 4.46. The molecule has 27 heavy (non-hydrogen) atoms. The number of methoxy groups -OCH3 is 1. The van der Waals surface area contributed by atoms with Crippen LogP contribution in [0.1, 0.15) is 13.3 Å². The summed E-state index contributed by atoms with van der Waals surface area (Å²) in [7, 11) is 1.62. The Hall–Kier alpha value is -2.87. The van der Waals surface area contributed by atoms with E-state index in [1.54, 1.807) is 19.5 Å². The number of aromatic nitrogens is 4. The van der Waals surface area contributed by atoms with E-state index in [0.717, 1.165) is 17.7 Å². The van der Waals surface area contributed by atoms with Gasteiger partial charge in [-0.05, 0) is 30.7 Å². The number of carbonyl (C=O) groups excluding carboxylic acids is 1. The SMILES string of the molecule is CCCNC(=O)CSc1nnc(-c2cccnc2)n1-c1ccccc1OC. The molecule has 0 aliphatic carbocycles. The first-order chi connectivity index (χ1) is 13.2. The van der Waals surface area contributed by atoms with Gasteiger partial charge in [-0.15, -0.1) is 10.2 Å². The van der Waals surface area contributed by atoms with Crippen LogP contribution < -0.4 is 10.1 Å². The highest BCUT2D eigenvalue weighted by Crippen LogP contribution is 2.32. The largest absolute Gasteiger partial charge is 0.495 e. The van der Waals surface area contributed by atoms with Gasteiger partial charge < -0.3 is 10.1 Å². The van der Waals surface area contributed by atoms with E-state index in [4.69, 9.17) is 4.74 Å². The van der Waals surface area contributed by atoms with Crippen LogP contribution in [-0.4, -0.2) is 45.1 Å². The number of nitrogens with zero attached hydrogens (tertiary/aromatic N) is 4. The van der Waals surface area contributed by atoms with Gasteiger partial charge in [0.25, 0.3) is 0 Å². The van der Waals surface area contributed by atoms with E-state index < -0.39 is 0 Å². The molecule has 8 heteroatoms. The highest BCUT2D eigenvalue weighted by Gasteiger charge is 2.19. The molecule has 0 bridgehead atoms. The van der Waals surface area contributed by atoms with E-state index >= 15 is 0 Å². The lowest BCUT2D eigenvalue weighted by atomic mass is 10.2. The highest BCUT2D eigenvalue weighted by atomic mass is 32.2. The van der Waals surface area contributed by atoms with E-state index in [2.05, 4.69) is 20.5 Å². The summed E-state index contributed by atoms with van der Waals surface area (Å²) in [5.41, 5.74) is 1.64. The first kappa shape index (κ1) is 18.9. The molecule has 3 aromatic rings. The summed E-state index contributed by atoms with van der Waals surface area (Å²) in [5.74, 6) is 1.57. The molecule has 0 unspecified atom stereocenters. The van der Waals surface area contributed by atoms with Crippen molar-refractivity contribution in [3.8, 4) is 22.8 Å². The Morgan fingerprint density at radius 2 is 2.07 bits per heavy atom. The van der Waals surface area contributed by atoms with Gasteiger partial charge in [-0.2, -0.15) is 0 Å². The molecule has 0 radical (unpaired) electrons. The van der Waals surface area contributed by atoms with Crippen molar-refractivity contribution in [2.75, 3.05) is 19.4 Å². The number of pyridine rings is 1. The van der Waals surface area contributed by atoms with Crippen LogP contribution in [0.2, 0.25) is 0 Å². The predicted octanol–water partition coefficient (Wildman–Crippen LogP) is 2.96. The average Bonchev–Trinajstić information content (AvgIpc) is 3.15. The van der Waals surface area contributed by atoms with Gasteiger partial charge in [-0.3, -0.25) is 14.3 Å². The number of ether oxygens (including phenoxy) is 1. The average molecular weight is 383 g/mol. The van der Waals surface area contributed by atoms with Gasteiger partial charge >= 0.3 is 0 Å². The summed E-state index contributed by atoms with van der Waals surface area (Å²) in [6.45, 7) is 2.69. The van der Waals surface area contributed by atoms with Crippen molar-refractivity contribution in [3.05, 3.63) is 48.8 Å². The molecule has 0 aliphatic heterocycles. The molecule has 1 N–H and O–H groups in total. The standard InChI is InChI=1S/C19H21N5O2S/c1-3-10-21-17(25)13-27-19-23-22-18(14-7-6-11-20-12-14)24(19)15-8-4-5-9-16(15)26-2/h4-9,11-12H,3,10,13H2,1-2H3,(H,21,25). The van der Waals surface area contributed by atoms with Crippen LogP contribution in [0.5, 0.6) is 5.75 Å². The van der Waals surface area contributed by atoms with Crippen molar-refractivity contribution in [2.24, 2.45) is 0 Å². The van der Waals surface area contributed by atoms with Crippen molar-refractivity contribution in [1.29, 1.82) is 0 Å². The summed E-state index contributed by atoms with van der Waals surface area (Å²) in [6, 6.07) is 11.4. The summed E-state index contributed by atoms with van der Waals surface area (Å²) in [6.07, 6.45) is 4.35. The molecular formula is C19H21N5O2S. The second-order valence-corrected chi connectivity index (χ2v) is 6.64. The van der Waals surface area contributed by atoms with Gasteiger partial charge in [0.15, 0.2) is 11.0 Å². The third-order valence-electron chi connectivity index (χ3n) is 3.78. The number of nitrogens with one attached hydrogen (secondary N) is 1. The lowest BCUT2D eigenvalue weighted by Gasteiger charge is -2.13. The first-order valence-electron chi connectivity index (χ1n) is 8.63. The second kappa shape index (κ2) is 9.18. The summed E-state index contributed by atoms with van der Waals surface area (Å²) in [5, 5.41) is 12.1. The lowest BCUT2D eigenvalue weighted by molar-refractivity contribution is -0.118. The van der Waals surface area contributed by atoms with E-state index in [1.165, 1.54) is 11.8 Å². The Morgan fingerprint density at radius 1 is 1.22 bits per heavy atom. The molecule has 0 saturated carbocycles. The summed E-state index contributed by atoms with van der Waals surface area (Å²) in [4.78, 5) is 16.2. The third-order valence-corrected chi connectivity index (χ3v) is 4.71. The molecule has 1 aromatic carbocycles. The zero-order chi connectivity index (χ0) is 19.1. The van der Waals surface area contributed by atoms with Gasteiger partial charge in [-0.1, -0.05) is 30.8 Å². The van der Waals surface area contributed by atoms with E-state index in [-0.39, 0.29) is 11.7 Å². The molecule has 1 amide bonds. The molecule has 0 fully saturated rings. The summed E-state index contributed by atoms with van der Waals surface area (Å²) >= 11 is 1.34. The van der Waals surface area contributed by atoms with Crippen molar-refractivity contribution in [3.63, 3.8) is 0 Å². The fourth-order valence-corrected chi connectivity index (χ4v) is 3.30. The Balaban J connectivity index is 1.99. The molecule has 0 atom stereocenters. The number of benzene rings is 1. The zero-order valence-electron chi connectivity index (χ0n) is 15.3. The van der Waals surface area contributed by atoms with E-state index in [9.17, 15) is 4.79 Å². The minimum absolute atomic E-state index is 0.0284. The Kier molecular flexibility index (Phi) is 6.43. The number of rotatable bonds is 8. The Labute approximate surface area is 162 Å². The predicted molar refractivity (Wildman–Crippen MR) is 105 cm³/mol. The lowest BCUT2D eigenvalue weighted by Crippen LogP contribution is -2.25. The van der Waals surface area contributed by atoms with Gasteiger partial charge in [0.05, 0.1) is 18.6 Å². The quantitative estimate of drug-likeness (QED) is 0.602. The minimum Gasteiger partial charge on any atom is -0.495 e. The van der Waals surface area contributed by atoms with Crippen LogP contribution in [0.15, 0.2) is 53.9 Å². The van der Waals surface area contributed by atoms with Crippen molar-refractivity contribution in [1.82, 2.24) is 25.1 Å². The number of hydrogen-bond acceptors (Lipinski definition) is 6. The van der Waals surface area contributed by atoms with Crippen LogP contribution in [0.25, 0.3) is 17.1 Å². The molecule has 0 aliphatic rings. The normalized spacial score (nSPS) is 10.6. The number of hydrogen-bond donors (Lipinski definition) is 1. The maximum atomic E-state index is 12.0. The number of para-hydroxylation sites is 2. The number of carbonyl (C=O) groups is 1. The van der Waals surface area contributed by atoms with Crippen LogP contribution >= 0.6 is 11.8 Å². The molecule has 0 saturated heterocycles. The first-order valence-corrected chi connectivity index (χ1v) is 9.61. The number of amides is 1. The monoisotopic (exact) mass is 383 g/mol. The van der Waals surface area contributed by atoms with Crippen molar-refractivity contribution >= 4 is 17.7 Å². The molecule has 7 nitrogen and oxygen atoms in total. The van der Waals surface area contributed by atoms with Gasteiger partial charge in [0.2, 0.25) is 5.91 Å². The molecule has 2 heterocycles. The molecule has 0 spiro atoms. The van der Waals surface area contributed by atoms with E-state index in [1.807, 2.05) is 47.9 Å². The van der Waals surface area contributed by atoms with Crippen LogP contribution in [0.3, 0.4) is 0 Å². The minimum atomic E-state index is -0.0284. The molecule has 2 aromatic heterocycles. The topological polar surface area (TPSA) is 81.9 Å². The van der Waals surface area contributed by atoms with Crippen LogP contribution in [0, 0.1) is 0 Å². The summed E-state index contributed by atoms with van der Waals surface area (Å²) < 4.78 is 7.41.